The third-order valence-corrected chi connectivity index (χ3v) is 4.48. The SMILES string of the molecule is COc1ccc(OC)c(Nc2nc(C)cc(C(=O)N3CCN(C=O)CC3)n2)c1. The maximum Gasteiger partial charge on any atom is 0.272 e. The number of methoxy groups -OCH3 is 2. The van der Waals surface area contributed by atoms with Gasteiger partial charge in [0.15, 0.2) is 0 Å². The van der Waals surface area contributed by atoms with Crippen LogP contribution in [0.3, 0.4) is 0 Å². The van der Waals surface area contributed by atoms with Crippen molar-refractivity contribution in [2.24, 2.45) is 0 Å². The van der Waals surface area contributed by atoms with Gasteiger partial charge in [-0.1, -0.05) is 0 Å². The summed E-state index contributed by atoms with van der Waals surface area (Å²) >= 11 is 0. The molecule has 0 bridgehead atoms. The molecule has 1 aromatic heterocycles. The molecule has 0 unspecified atom stereocenters. The van der Waals surface area contributed by atoms with Gasteiger partial charge in [0.1, 0.15) is 17.2 Å². The van der Waals surface area contributed by atoms with Crippen LogP contribution in [0.15, 0.2) is 24.3 Å². The lowest BCUT2D eigenvalue weighted by molar-refractivity contribution is -0.119. The topological polar surface area (TPSA) is 96.9 Å². The van der Waals surface area contributed by atoms with Crippen LogP contribution in [0.2, 0.25) is 0 Å². The summed E-state index contributed by atoms with van der Waals surface area (Å²) in [5.74, 6) is 1.36. The van der Waals surface area contributed by atoms with E-state index in [0.29, 0.717) is 60.7 Å². The minimum Gasteiger partial charge on any atom is -0.497 e. The second-order valence-electron chi connectivity index (χ2n) is 6.34. The molecule has 0 atom stereocenters. The van der Waals surface area contributed by atoms with E-state index in [1.807, 2.05) is 0 Å². The second kappa shape index (κ2) is 8.55. The Hall–Kier alpha value is -3.36. The van der Waals surface area contributed by atoms with E-state index >= 15 is 0 Å². The summed E-state index contributed by atoms with van der Waals surface area (Å²) in [5.41, 5.74) is 1.59. The quantitative estimate of drug-likeness (QED) is 0.752. The number of anilines is 2. The number of carbonyl (C=O) groups is 2. The first kappa shape index (κ1) is 19.4. The maximum absolute atomic E-state index is 12.8. The van der Waals surface area contributed by atoms with Crippen LogP contribution in [-0.4, -0.2) is 72.5 Å². The number of rotatable bonds is 6. The van der Waals surface area contributed by atoms with Gasteiger partial charge in [-0.25, -0.2) is 9.97 Å². The van der Waals surface area contributed by atoms with Gasteiger partial charge in [0, 0.05) is 37.9 Å². The first-order valence-electron chi connectivity index (χ1n) is 8.87. The first-order chi connectivity index (χ1) is 13.5. The zero-order chi connectivity index (χ0) is 20.1. The molecule has 3 rings (SSSR count). The Morgan fingerprint density at radius 3 is 2.50 bits per heavy atom. The molecule has 2 heterocycles. The molecule has 148 valence electrons. The summed E-state index contributed by atoms with van der Waals surface area (Å²) in [5, 5.41) is 3.10. The van der Waals surface area contributed by atoms with Crippen LogP contribution in [0.1, 0.15) is 16.2 Å². The molecule has 9 heteroatoms. The molecule has 1 aliphatic heterocycles. The number of aromatic nitrogens is 2. The lowest BCUT2D eigenvalue weighted by Gasteiger charge is -2.32. The third-order valence-electron chi connectivity index (χ3n) is 4.48. The van der Waals surface area contributed by atoms with Crippen LogP contribution < -0.4 is 14.8 Å². The highest BCUT2D eigenvalue weighted by atomic mass is 16.5. The van der Waals surface area contributed by atoms with E-state index in [1.165, 1.54) is 0 Å². The van der Waals surface area contributed by atoms with Crippen LogP contribution in [0.5, 0.6) is 11.5 Å². The Kier molecular flexibility index (Phi) is 5.93. The lowest BCUT2D eigenvalue weighted by Crippen LogP contribution is -2.48. The van der Waals surface area contributed by atoms with Crippen molar-refractivity contribution in [2.45, 2.75) is 6.92 Å². The molecule has 1 fully saturated rings. The highest BCUT2D eigenvalue weighted by Gasteiger charge is 2.23. The van der Waals surface area contributed by atoms with Crippen molar-refractivity contribution in [2.75, 3.05) is 45.7 Å². The molecule has 1 aliphatic rings. The fourth-order valence-corrected chi connectivity index (χ4v) is 2.96. The molecule has 2 aromatic rings. The van der Waals surface area contributed by atoms with Crippen molar-refractivity contribution < 1.29 is 19.1 Å². The Bertz CT molecular complexity index is 865. The number of hydrogen-bond donors (Lipinski definition) is 1. The number of hydrogen-bond acceptors (Lipinski definition) is 7. The van der Waals surface area contributed by atoms with Gasteiger partial charge >= 0.3 is 0 Å². The van der Waals surface area contributed by atoms with Gasteiger partial charge in [-0.3, -0.25) is 9.59 Å². The maximum atomic E-state index is 12.8. The van der Waals surface area contributed by atoms with E-state index in [1.54, 1.807) is 55.2 Å². The number of carbonyl (C=O) groups excluding carboxylic acids is 2. The van der Waals surface area contributed by atoms with Gasteiger partial charge in [0.2, 0.25) is 12.4 Å². The number of piperazine rings is 1. The van der Waals surface area contributed by atoms with Crippen molar-refractivity contribution in [3.8, 4) is 11.5 Å². The van der Waals surface area contributed by atoms with Gasteiger partial charge in [0.25, 0.3) is 5.91 Å². The average molecular weight is 385 g/mol. The summed E-state index contributed by atoms with van der Waals surface area (Å²) in [6, 6.07) is 6.98. The largest absolute Gasteiger partial charge is 0.497 e. The molecule has 9 nitrogen and oxygen atoms in total. The van der Waals surface area contributed by atoms with E-state index in [2.05, 4.69) is 15.3 Å². The fraction of sp³-hybridized carbons (Fsp3) is 0.368. The van der Waals surface area contributed by atoms with Gasteiger partial charge in [-0.05, 0) is 25.1 Å². The van der Waals surface area contributed by atoms with Crippen molar-refractivity contribution in [1.29, 1.82) is 0 Å². The normalized spacial score (nSPS) is 13.8. The summed E-state index contributed by atoms with van der Waals surface area (Å²) in [4.78, 5) is 35.8. The molecule has 1 aromatic carbocycles. The van der Waals surface area contributed by atoms with E-state index in [-0.39, 0.29) is 5.91 Å². The molecule has 1 N–H and O–H groups in total. The highest BCUT2D eigenvalue weighted by Crippen LogP contribution is 2.30. The summed E-state index contributed by atoms with van der Waals surface area (Å²) < 4.78 is 10.6. The van der Waals surface area contributed by atoms with E-state index in [9.17, 15) is 9.59 Å². The van der Waals surface area contributed by atoms with Crippen LogP contribution in [0.25, 0.3) is 0 Å². The minimum atomic E-state index is -0.184. The molecule has 0 radical (unpaired) electrons. The smallest absolute Gasteiger partial charge is 0.272 e. The molecule has 0 aliphatic carbocycles. The van der Waals surface area contributed by atoms with E-state index in [4.69, 9.17) is 9.47 Å². The zero-order valence-corrected chi connectivity index (χ0v) is 16.1. The molecular weight excluding hydrogens is 362 g/mol. The van der Waals surface area contributed by atoms with Crippen molar-refractivity contribution in [1.82, 2.24) is 19.8 Å². The fourth-order valence-electron chi connectivity index (χ4n) is 2.96. The molecule has 28 heavy (non-hydrogen) atoms. The number of ether oxygens (including phenoxy) is 2. The molecular formula is C19H23N5O4. The number of nitrogens with one attached hydrogen (secondary N) is 1. The van der Waals surface area contributed by atoms with Crippen molar-refractivity contribution in [3.63, 3.8) is 0 Å². The molecule has 2 amide bonds. The van der Waals surface area contributed by atoms with Gasteiger partial charge in [-0.15, -0.1) is 0 Å². The predicted octanol–water partition coefficient (Wildman–Crippen LogP) is 1.46. The summed E-state index contributed by atoms with van der Waals surface area (Å²) in [6.45, 7) is 3.80. The van der Waals surface area contributed by atoms with Crippen LogP contribution in [0, 0.1) is 6.92 Å². The Labute approximate surface area is 163 Å². The summed E-state index contributed by atoms with van der Waals surface area (Å²) in [7, 11) is 3.15. The Balaban J connectivity index is 1.82. The molecule has 0 spiro atoms. The second-order valence-corrected chi connectivity index (χ2v) is 6.34. The number of benzene rings is 1. The van der Waals surface area contributed by atoms with E-state index in [0.717, 1.165) is 6.41 Å². The predicted molar refractivity (Wildman–Crippen MR) is 103 cm³/mol. The first-order valence-corrected chi connectivity index (χ1v) is 8.87. The standard InChI is InChI=1S/C19H23N5O4/c1-13-10-16(18(26)24-8-6-23(12-25)7-9-24)22-19(20-13)21-15-11-14(27-2)4-5-17(15)28-3/h4-5,10-12H,6-9H2,1-3H3,(H,20,21,22). The van der Waals surface area contributed by atoms with Crippen LogP contribution in [-0.2, 0) is 4.79 Å². The lowest BCUT2D eigenvalue weighted by atomic mass is 10.2. The Morgan fingerprint density at radius 2 is 1.86 bits per heavy atom. The van der Waals surface area contributed by atoms with Gasteiger partial charge in [0.05, 0.1) is 19.9 Å². The molecule has 1 saturated heterocycles. The molecule has 0 saturated carbocycles. The number of aryl methyl sites for hydroxylation is 1. The Morgan fingerprint density at radius 1 is 1.11 bits per heavy atom. The zero-order valence-electron chi connectivity index (χ0n) is 16.1. The van der Waals surface area contributed by atoms with Gasteiger partial charge in [-0.2, -0.15) is 0 Å². The number of amides is 2. The number of nitrogens with zero attached hydrogens (tertiary/aromatic N) is 4. The van der Waals surface area contributed by atoms with Crippen LogP contribution in [0.4, 0.5) is 11.6 Å². The average Bonchev–Trinajstić information content (AvgIpc) is 2.72. The highest BCUT2D eigenvalue weighted by molar-refractivity contribution is 5.93. The third kappa shape index (κ3) is 4.30. The van der Waals surface area contributed by atoms with E-state index < -0.39 is 0 Å². The monoisotopic (exact) mass is 385 g/mol. The minimum absolute atomic E-state index is 0.184. The van der Waals surface area contributed by atoms with Crippen molar-refractivity contribution >= 4 is 24.0 Å². The van der Waals surface area contributed by atoms with Crippen molar-refractivity contribution in [3.05, 3.63) is 35.7 Å². The van der Waals surface area contributed by atoms with Crippen LogP contribution >= 0.6 is 0 Å². The van der Waals surface area contributed by atoms with Gasteiger partial charge < -0.3 is 24.6 Å². The summed E-state index contributed by atoms with van der Waals surface area (Å²) in [6.07, 6.45) is 0.806.